The highest BCUT2D eigenvalue weighted by molar-refractivity contribution is 7.99. The molecule has 21 heavy (non-hydrogen) atoms. The predicted octanol–water partition coefficient (Wildman–Crippen LogP) is 3.06. The van der Waals surface area contributed by atoms with Gasteiger partial charge in [0.25, 0.3) is 0 Å². The standard InChI is InChI=1S/C13H20F3N3OS/c1-2-17-11-8-10(13(14,15)16)9-12(19-11)18-4-7-21-6-3-5-20/h8-9,20H,2-7H2,1H3,(H2,17,18,19). The van der Waals surface area contributed by atoms with Gasteiger partial charge in [-0.1, -0.05) is 0 Å². The van der Waals surface area contributed by atoms with Crippen molar-refractivity contribution >= 4 is 23.4 Å². The van der Waals surface area contributed by atoms with Gasteiger partial charge in [0.05, 0.1) is 5.56 Å². The molecule has 0 saturated carbocycles. The van der Waals surface area contributed by atoms with Crippen LogP contribution in [-0.2, 0) is 6.18 Å². The average Bonchev–Trinajstić information content (AvgIpc) is 2.42. The van der Waals surface area contributed by atoms with Crippen molar-refractivity contribution in [3.05, 3.63) is 17.7 Å². The molecule has 0 radical (unpaired) electrons. The Labute approximate surface area is 126 Å². The van der Waals surface area contributed by atoms with Crippen molar-refractivity contribution in [1.29, 1.82) is 0 Å². The molecule has 1 aromatic rings. The molecule has 0 spiro atoms. The summed E-state index contributed by atoms with van der Waals surface area (Å²) in [6.07, 6.45) is -3.67. The molecular formula is C13H20F3N3OS. The lowest BCUT2D eigenvalue weighted by molar-refractivity contribution is -0.137. The maximum Gasteiger partial charge on any atom is 0.416 e. The third kappa shape index (κ3) is 6.90. The lowest BCUT2D eigenvalue weighted by atomic mass is 10.2. The van der Waals surface area contributed by atoms with Crippen LogP contribution in [0.5, 0.6) is 0 Å². The van der Waals surface area contributed by atoms with Crippen LogP contribution in [0.1, 0.15) is 18.9 Å². The molecule has 1 heterocycles. The van der Waals surface area contributed by atoms with Crippen molar-refractivity contribution in [3.8, 4) is 0 Å². The van der Waals surface area contributed by atoms with E-state index in [-0.39, 0.29) is 18.2 Å². The van der Waals surface area contributed by atoms with Crippen LogP contribution in [-0.4, -0.2) is 41.3 Å². The molecule has 0 aromatic carbocycles. The molecule has 1 rings (SSSR count). The smallest absolute Gasteiger partial charge is 0.396 e. The molecule has 4 nitrogen and oxygen atoms in total. The fourth-order valence-electron chi connectivity index (χ4n) is 1.58. The first-order valence-electron chi connectivity index (χ1n) is 6.73. The normalized spacial score (nSPS) is 11.5. The molecular weight excluding hydrogens is 303 g/mol. The molecule has 0 amide bonds. The maximum absolute atomic E-state index is 12.8. The van der Waals surface area contributed by atoms with E-state index < -0.39 is 11.7 Å². The first-order valence-corrected chi connectivity index (χ1v) is 7.88. The SMILES string of the molecule is CCNc1cc(C(F)(F)F)cc(NCCSCCCO)n1. The molecule has 1 aromatic heterocycles. The van der Waals surface area contributed by atoms with E-state index in [9.17, 15) is 13.2 Å². The summed E-state index contributed by atoms with van der Waals surface area (Å²) in [7, 11) is 0. The molecule has 0 bridgehead atoms. The van der Waals surface area contributed by atoms with E-state index in [1.54, 1.807) is 18.7 Å². The van der Waals surface area contributed by atoms with Crippen LogP contribution >= 0.6 is 11.8 Å². The Hall–Kier alpha value is -1.15. The molecule has 3 N–H and O–H groups in total. The number of thioether (sulfide) groups is 1. The van der Waals surface area contributed by atoms with Gasteiger partial charge in [0.2, 0.25) is 0 Å². The number of anilines is 2. The zero-order valence-electron chi connectivity index (χ0n) is 11.8. The van der Waals surface area contributed by atoms with E-state index >= 15 is 0 Å². The van der Waals surface area contributed by atoms with Crippen molar-refractivity contribution in [2.24, 2.45) is 0 Å². The quantitative estimate of drug-likeness (QED) is 0.610. The number of hydrogen-bond acceptors (Lipinski definition) is 5. The third-order valence-electron chi connectivity index (χ3n) is 2.51. The monoisotopic (exact) mass is 323 g/mol. The summed E-state index contributed by atoms with van der Waals surface area (Å²) in [5, 5.41) is 14.3. The van der Waals surface area contributed by atoms with E-state index in [1.165, 1.54) is 0 Å². The number of alkyl halides is 3. The van der Waals surface area contributed by atoms with Crippen LogP contribution < -0.4 is 10.6 Å². The van der Waals surface area contributed by atoms with Gasteiger partial charge in [-0.2, -0.15) is 24.9 Å². The Morgan fingerprint density at radius 3 is 2.43 bits per heavy atom. The van der Waals surface area contributed by atoms with Crippen LogP contribution in [0, 0.1) is 0 Å². The van der Waals surface area contributed by atoms with Crippen LogP contribution in [0.4, 0.5) is 24.8 Å². The Morgan fingerprint density at radius 2 is 1.86 bits per heavy atom. The van der Waals surface area contributed by atoms with Crippen molar-refractivity contribution in [1.82, 2.24) is 4.98 Å². The molecule has 8 heteroatoms. The highest BCUT2D eigenvalue weighted by atomic mass is 32.2. The van der Waals surface area contributed by atoms with Crippen LogP contribution in [0.2, 0.25) is 0 Å². The highest BCUT2D eigenvalue weighted by Gasteiger charge is 2.31. The van der Waals surface area contributed by atoms with E-state index in [1.807, 2.05) is 0 Å². The molecule has 0 saturated heterocycles. The number of nitrogens with zero attached hydrogens (tertiary/aromatic N) is 1. The minimum Gasteiger partial charge on any atom is -0.396 e. The van der Waals surface area contributed by atoms with Crippen LogP contribution in [0.15, 0.2) is 12.1 Å². The summed E-state index contributed by atoms with van der Waals surface area (Å²) in [5.74, 6) is 2.00. The lowest BCUT2D eigenvalue weighted by Gasteiger charge is -2.13. The minimum absolute atomic E-state index is 0.154. The number of halogens is 3. The summed E-state index contributed by atoms with van der Waals surface area (Å²) in [4.78, 5) is 4.10. The second-order valence-electron chi connectivity index (χ2n) is 4.27. The van der Waals surface area contributed by atoms with Gasteiger partial charge < -0.3 is 15.7 Å². The number of nitrogens with one attached hydrogen (secondary N) is 2. The summed E-state index contributed by atoms with van der Waals surface area (Å²) >= 11 is 1.63. The number of hydrogen-bond donors (Lipinski definition) is 3. The summed E-state index contributed by atoms with van der Waals surface area (Å²) in [5.41, 5.74) is -0.719. The van der Waals surface area contributed by atoms with Gasteiger partial charge in [0.1, 0.15) is 11.6 Å². The van der Waals surface area contributed by atoms with Gasteiger partial charge in [-0.15, -0.1) is 0 Å². The summed E-state index contributed by atoms with van der Waals surface area (Å²) in [6.45, 7) is 2.98. The van der Waals surface area contributed by atoms with Crippen molar-refractivity contribution in [2.45, 2.75) is 19.5 Å². The zero-order valence-corrected chi connectivity index (χ0v) is 12.7. The van der Waals surface area contributed by atoms with E-state index in [0.29, 0.717) is 13.1 Å². The van der Waals surface area contributed by atoms with Crippen LogP contribution in [0.25, 0.3) is 0 Å². The first kappa shape index (κ1) is 17.9. The third-order valence-corrected chi connectivity index (χ3v) is 3.58. The molecule has 0 aliphatic rings. The first-order chi connectivity index (χ1) is 9.97. The number of aromatic nitrogens is 1. The average molecular weight is 323 g/mol. The fraction of sp³-hybridized carbons (Fsp3) is 0.615. The molecule has 0 aliphatic heterocycles. The predicted molar refractivity (Wildman–Crippen MR) is 80.9 cm³/mol. The van der Waals surface area contributed by atoms with E-state index in [0.717, 1.165) is 30.1 Å². The maximum atomic E-state index is 12.8. The lowest BCUT2D eigenvalue weighted by Crippen LogP contribution is -2.12. The Morgan fingerprint density at radius 1 is 1.19 bits per heavy atom. The van der Waals surface area contributed by atoms with Gasteiger partial charge in [-0.25, -0.2) is 4.98 Å². The van der Waals surface area contributed by atoms with E-state index in [2.05, 4.69) is 15.6 Å². The van der Waals surface area contributed by atoms with Crippen LogP contribution in [0.3, 0.4) is 0 Å². The molecule has 0 fully saturated rings. The number of pyridine rings is 1. The molecule has 120 valence electrons. The Balaban J connectivity index is 2.61. The number of rotatable bonds is 9. The summed E-state index contributed by atoms with van der Waals surface area (Å²) < 4.78 is 38.4. The highest BCUT2D eigenvalue weighted by Crippen LogP contribution is 2.32. The van der Waals surface area contributed by atoms with Gasteiger partial charge >= 0.3 is 6.18 Å². The number of aliphatic hydroxyl groups is 1. The Bertz CT molecular complexity index is 430. The van der Waals surface area contributed by atoms with E-state index in [4.69, 9.17) is 5.11 Å². The topological polar surface area (TPSA) is 57.2 Å². The van der Waals surface area contributed by atoms with Crippen molar-refractivity contribution in [3.63, 3.8) is 0 Å². The van der Waals surface area contributed by atoms with Gasteiger partial charge in [0.15, 0.2) is 0 Å². The minimum atomic E-state index is -4.39. The number of aliphatic hydroxyl groups excluding tert-OH is 1. The molecule has 0 aliphatic carbocycles. The van der Waals surface area contributed by atoms with Gasteiger partial charge in [0, 0.05) is 25.4 Å². The second kappa shape index (κ2) is 8.99. The second-order valence-corrected chi connectivity index (χ2v) is 5.50. The van der Waals surface area contributed by atoms with Crippen molar-refractivity contribution in [2.75, 3.05) is 41.8 Å². The fourth-order valence-corrected chi connectivity index (χ4v) is 2.36. The Kier molecular flexibility index (Phi) is 7.66. The van der Waals surface area contributed by atoms with Crippen molar-refractivity contribution < 1.29 is 18.3 Å². The van der Waals surface area contributed by atoms with Gasteiger partial charge in [-0.05, 0) is 31.2 Å². The molecule has 0 unspecified atom stereocenters. The van der Waals surface area contributed by atoms with Gasteiger partial charge in [-0.3, -0.25) is 0 Å². The molecule has 0 atom stereocenters. The largest absolute Gasteiger partial charge is 0.416 e. The summed E-state index contributed by atoms with van der Waals surface area (Å²) in [6, 6.07) is 2.02. The zero-order chi connectivity index (χ0) is 15.7.